The van der Waals surface area contributed by atoms with E-state index in [2.05, 4.69) is 5.32 Å². The molecule has 1 heterocycles. The molecule has 5 atom stereocenters. The molecule has 3 aliphatic rings. The zero-order valence-corrected chi connectivity index (χ0v) is 15.0. The van der Waals surface area contributed by atoms with Gasteiger partial charge in [0.05, 0.1) is 17.2 Å². The molecule has 5 rings (SSSR count). The lowest BCUT2D eigenvalue weighted by molar-refractivity contribution is -0.138. The SMILES string of the molecule is O=C(O)c1ccc2c(c1)[C@@H]1[C@H]3CC[C@@H](C3)[C@@H]1[C@@H](c1ccccc1C(F)(F)F)N2. The first kappa shape index (κ1) is 17.6. The Balaban J connectivity index is 1.65. The van der Waals surface area contributed by atoms with Gasteiger partial charge in [-0.2, -0.15) is 13.2 Å². The molecule has 0 aromatic heterocycles. The van der Waals surface area contributed by atoms with Gasteiger partial charge in [0.25, 0.3) is 0 Å². The Bertz CT molecular complexity index is 955. The fraction of sp³-hybridized carbons (Fsp3) is 0.409. The van der Waals surface area contributed by atoms with E-state index in [4.69, 9.17) is 0 Å². The topological polar surface area (TPSA) is 49.3 Å². The van der Waals surface area contributed by atoms with Gasteiger partial charge in [-0.15, -0.1) is 0 Å². The average molecular weight is 387 g/mol. The van der Waals surface area contributed by atoms with Crippen molar-refractivity contribution in [1.82, 2.24) is 0 Å². The molecule has 2 bridgehead atoms. The van der Waals surface area contributed by atoms with Crippen molar-refractivity contribution in [3.8, 4) is 0 Å². The Morgan fingerprint density at radius 1 is 1.04 bits per heavy atom. The van der Waals surface area contributed by atoms with Gasteiger partial charge < -0.3 is 10.4 Å². The number of nitrogens with one attached hydrogen (secondary N) is 1. The first-order chi connectivity index (χ1) is 13.3. The molecule has 2 aromatic carbocycles. The zero-order valence-electron chi connectivity index (χ0n) is 15.0. The largest absolute Gasteiger partial charge is 0.478 e. The van der Waals surface area contributed by atoms with Gasteiger partial charge in [-0.3, -0.25) is 0 Å². The third kappa shape index (κ3) is 2.54. The second-order valence-electron chi connectivity index (χ2n) is 8.25. The van der Waals surface area contributed by atoms with Gasteiger partial charge in [-0.05, 0) is 78.3 Å². The highest BCUT2D eigenvalue weighted by Crippen LogP contribution is 2.64. The first-order valence-electron chi connectivity index (χ1n) is 9.64. The Labute approximate surface area is 160 Å². The number of carboxylic acid groups (broad SMARTS) is 1. The van der Waals surface area contributed by atoms with Crippen LogP contribution in [0.15, 0.2) is 42.5 Å². The summed E-state index contributed by atoms with van der Waals surface area (Å²) in [5.41, 5.74) is 1.67. The smallest absolute Gasteiger partial charge is 0.416 e. The van der Waals surface area contributed by atoms with Gasteiger partial charge in [-0.1, -0.05) is 18.2 Å². The summed E-state index contributed by atoms with van der Waals surface area (Å²) >= 11 is 0. The molecule has 2 saturated carbocycles. The van der Waals surface area contributed by atoms with Crippen molar-refractivity contribution in [1.29, 1.82) is 0 Å². The number of carboxylic acids is 1. The van der Waals surface area contributed by atoms with Gasteiger partial charge in [0.15, 0.2) is 0 Å². The Morgan fingerprint density at radius 2 is 1.79 bits per heavy atom. The minimum Gasteiger partial charge on any atom is -0.478 e. The number of benzene rings is 2. The number of carbonyl (C=O) groups is 1. The van der Waals surface area contributed by atoms with Crippen LogP contribution in [0, 0.1) is 17.8 Å². The first-order valence-corrected chi connectivity index (χ1v) is 9.64. The van der Waals surface area contributed by atoms with Crippen molar-refractivity contribution in [3.05, 3.63) is 64.7 Å². The maximum atomic E-state index is 13.7. The molecule has 2 aromatic rings. The van der Waals surface area contributed by atoms with Gasteiger partial charge >= 0.3 is 12.1 Å². The van der Waals surface area contributed by atoms with E-state index in [1.165, 1.54) is 12.1 Å². The highest BCUT2D eigenvalue weighted by atomic mass is 19.4. The predicted molar refractivity (Wildman–Crippen MR) is 98.3 cm³/mol. The van der Waals surface area contributed by atoms with Crippen LogP contribution in [-0.4, -0.2) is 11.1 Å². The Kier molecular flexibility index (Phi) is 3.77. The molecule has 1 aliphatic heterocycles. The summed E-state index contributed by atoms with van der Waals surface area (Å²) in [5.74, 6) is -0.0256. The lowest BCUT2D eigenvalue weighted by atomic mass is 9.67. The lowest BCUT2D eigenvalue weighted by Gasteiger charge is -2.44. The molecule has 3 nitrogen and oxygen atoms in total. The van der Waals surface area contributed by atoms with Crippen LogP contribution in [0.2, 0.25) is 0 Å². The van der Waals surface area contributed by atoms with Crippen molar-refractivity contribution >= 4 is 11.7 Å². The molecule has 146 valence electrons. The normalized spacial score (nSPS) is 30.5. The highest BCUT2D eigenvalue weighted by molar-refractivity contribution is 5.88. The van der Waals surface area contributed by atoms with E-state index >= 15 is 0 Å². The van der Waals surface area contributed by atoms with Gasteiger partial charge in [0.1, 0.15) is 0 Å². The quantitative estimate of drug-likeness (QED) is 0.695. The summed E-state index contributed by atoms with van der Waals surface area (Å²) in [6.07, 6.45) is -1.29. The van der Waals surface area contributed by atoms with Crippen LogP contribution in [0.25, 0.3) is 0 Å². The summed E-state index contributed by atoms with van der Waals surface area (Å²) in [7, 11) is 0. The highest BCUT2D eigenvalue weighted by Gasteiger charge is 2.54. The van der Waals surface area contributed by atoms with Crippen molar-refractivity contribution in [2.45, 2.75) is 37.4 Å². The molecule has 2 N–H and O–H groups in total. The molecule has 0 spiro atoms. The van der Waals surface area contributed by atoms with E-state index in [9.17, 15) is 23.1 Å². The number of hydrogen-bond donors (Lipinski definition) is 2. The number of hydrogen-bond acceptors (Lipinski definition) is 2. The maximum absolute atomic E-state index is 13.7. The van der Waals surface area contributed by atoms with Crippen molar-refractivity contribution < 1.29 is 23.1 Å². The molecular formula is C22H20F3NO2. The van der Waals surface area contributed by atoms with Crippen LogP contribution in [0.4, 0.5) is 18.9 Å². The zero-order chi connectivity index (χ0) is 19.6. The lowest BCUT2D eigenvalue weighted by Crippen LogP contribution is -2.36. The third-order valence-corrected chi connectivity index (χ3v) is 6.94. The van der Waals surface area contributed by atoms with Gasteiger partial charge in [-0.25, -0.2) is 4.79 Å². The molecule has 28 heavy (non-hydrogen) atoms. The van der Waals surface area contributed by atoms with E-state index in [0.717, 1.165) is 36.6 Å². The number of fused-ring (bicyclic) bond motifs is 7. The average Bonchev–Trinajstić information content (AvgIpc) is 3.28. The number of anilines is 1. The molecule has 0 unspecified atom stereocenters. The van der Waals surface area contributed by atoms with Crippen LogP contribution in [0.5, 0.6) is 0 Å². The fourth-order valence-electron chi connectivity index (χ4n) is 5.95. The molecule has 0 radical (unpaired) electrons. The molecule has 2 fully saturated rings. The van der Waals surface area contributed by atoms with Crippen molar-refractivity contribution in [2.24, 2.45) is 17.8 Å². The monoisotopic (exact) mass is 387 g/mol. The maximum Gasteiger partial charge on any atom is 0.416 e. The van der Waals surface area contributed by atoms with E-state index < -0.39 is 23.8 Å². The minimum absolute atomic E-state index is 0.0544. The summed E-state index contributed by atoms with van der Waals surface area (Å²) < 4.78 is 41.0. The second-order valence-corrected chi connectivity index (χ2v) is 8.25. The second kappa shape index (κ2) is 6.00. The number of halogens is 3. The molecule has 0 saturated heterocycles. The summed E-state index contributed by atoms with van der Waals surface area (Å²) in [6, 6.07) is 10.4. The number of rotatable bonds is 2. The van der Waals surface area contributed by atoms with Crippen molar-refractivity contribution in [3.63, 3.8) is 0 Å². The standard InChI is InChI=1S/C22H20F3NO2/c23-22(24,25)16-4-2-1-3-14(16)20-19-12-6-5-11(9-12)18(19)15-10-13(21(27)28)7-8-17(15)26-20/h1-4,7-8,10-12,18-20,26H,5-6,9H2,(H,27,28)/t11-,12-,18-,19-,20+/m0/s1. The fourth-order valence-corrected chi connectivity index (χ4v) is 5.95. The third-order valence-electron chi connectivity index (χ3n) is 6.94. The van der Waals surface area contributed by atoms with Gasteiger partial charge in [0.2, 0.25) is 0 Å². The van der Waals surface area contributed by atoms with Crippen LogP contribution < -0.4 is 5.32 Å². The van der Waals surface area contributed by atoms with E-state index in [1.807, 2.05) is 0 Å². The summed E-state index contributed by atoms with van der Waals surface area (Å²) in [5, 5.41) is 12.7. The number of aromatic carboxylic acids is 1. The van der Waals surface area contributed by atoms with Crippen LogP contribution in [0.1, 0.15) is 58.3 Å². The Hall–Kier alpha value is -2.50. The molecular weight excluding hydrogens is 367 g/mol. The van der Waals surface area contributed by atoms with Crippen LogP contribution in [-0.2, 0) is 6.18 Å². The summed E-state index contributed by atoms with van der Waals surface area (Å²) in [4.78, 5) is 11.4. The van der Waals surface area contributed by atoms with E-state index in [-0.39, 0.29) is 17.4 Å². The predicted octanol–water partition coefficient (Wildman–Crippen LogP) is 5.70. The van der Waals surface area contributed by atoms with Gasteiger partial charge in [0, 0.05) is 5.69 Å². The minimum atomic E-state index is -4.40. The summed E-state index contributed by atoms with van der Waals surface area (Å²) in [6.45, 7) is 0. The van der Waals surface area contributed by atoms with E-state index in [0.29, 0.717) is 17.4 Å². The number of alkyl halides is 3. The van der Waals surface area contributed by atoms with Crippen LogP contribution in [0.3, 0.4) is 0 Å². The molecule has 6 heteroatoms. The van der Waals surface area contributed by atoms with Crippen LogP contribution >= 0.6 is 0 Å². The Morgan fingerprint density at radius 3 is 2.54 bits per heavy atom. The molecule has 2 aliphatic carbocycles. The molecule has 0 amide bonds. The van der Waals surface area contributed by atoms with E-state index in [1.54, 1.807) is 24.3 Å². The van der Waals surface area contributed by atoms with Crippen molar-refractivity contribution in [2.75, 3.05) is 5.32 Å².